The van der Waals surface area contributed by atoms with Crippen molar-refractivity contribution < 1.29 is 4.53 Å². The quantitative estimate of drug-likeness (QED) is 0.561. The molecule has 0 aliphatic heterocycles. The zero-order valence-corrected chi connectivity index (χ0v) is 12.6. The molecule has 1 aromatic rings. The number of hydrogen-bond acceptors (Lipinski definition) is 2. The van der Waals surface area contributed by atoms with Gasteiger partial charge in [-0.05, 0) is 29.5 Å². The third kappa shape index (κ3) is 2.83. The van der Waals surface area contributed by atoms with Gasteiger partial charge < -0.3 is 4.53 Å². The number of hydrogen-bond donors (Lipinski definition) is 0. The van der Waals surface area contributed by atoms with Gasteiger partial charge in [-0.2, -0.15) is 0 Å². The molecule has 0 spiro atoms. The van der Waals surface area contributed by atoms with Crippen LogP contribution in [-0.2, 0) is 9.94 Å². The monoisotopic (exact) mass is 223 g/mol. The van der Waals surface area contributed by atoms with Gasteiger partial charge in [-0.15, -0.1) is 0 Å². The Morgan fingerprint density at radius 3 is 2.27 bits per heavy atom. The van der Waals surface area contributed by atoms with E-state index in [9.17, 15) is 0 Å². The van der Waals surface area contributed by atoms with Gasteiger partial charge in [0.2, 0.25) is 0 Å². The Bertz CT molecular complexity index is 344. The molecule has 0 heterocycles. The fourth-order valence-electron chi connectivity index (χ4n) is 1.57. The minimum atomic E-state index is 0.212. The molecule has 0 N–H and O–H groups in total. The van der Waals surface area contributed by atoms with Crippen LogP contribution in [0.3, 0.4) is 0 Å². The van der Waals surface area contributed by atoms with Gasteiger partial charge in [0.05, 0.1) is 5.69 Å². The van der Waals surface area contributed by atoms with Gasteiger partial charge in [-0.3, -0.25) is 5.06 Å². The van der Waals surface area contributed by atoms with Crippen LogP contribution in [0.1, 0.15) is 31.9 Å². The molecule has 1 rings (SSSR count). The Kier molecular flexibility index (Phi) is 3.57. The zero-order chi connectivity index (χ0) is 11.6. The first-order valence-electron chi connectivity index (χ1n) is 5.25. The van der Waals surface area contributed by atoms with Crippen molar-refractivity contribution in [2.24, 2.45) is 0 Å². The van der Waals surface area contributed by atoms with Crippen molar-refractivity contribution in [2.45, 2.75) is 33.1 Å². The van der Waals surface area contributed by atoms with E-state index in [-0.39, 0.29) is 5.41 Å². The van der Waals surface area contributed by atoms with Crippen molar-refractivity contribution >= 4 is 16.2 Å². The van der Waals surface area contributed by atoms with Crippen LogP contribution in [0.5, 0.6) is 0 Å². The van der Waals surface area contributed by atoms with Crippen LogP contribution in [-0.4, -0.2) is 17.5 Å². The molecule has 15 heavy (non-hydrogen) atoms. The lowest BCUT2D eigenvalue weighted by atomic mass is 9.86. The second-order valence-electron chi connectivity index (χ2n) is 4.93. The van der Waals surface area contributed by atoms with Crippen molar-refractivity contribution in [3.63, 3.8) is 0 Å². The van der Waals surface area contributed by atoms with Crippen LogP contribution < -0.4 is 5.06 Å². The Balaban J connectivity index is 3.09. The van der Waals surface area contributed by atoms with E-state index in [4.69, 9.17) is 4.53 Å². The molecule has 1 aromatic carbocycles. The lowest BCUT2D eigenvalue weighted by Crippen LogP contribution is -2.18. The first-order chi connectivity index (χ1) is 6.86. The minimum Gasteiger partial charge on any atom is -0.332 e. The standard InChI is InChI=1S/C12H21NOSi/c1-9-8-10(12(2,3)4)6-7-11(9)13(5)14-15/h6-8H,1-5,15H3. The summed E-state index contributed by atoms with van der Waals surface area (Å²) in [7, 11) is 2.67. The second kappa shape index (κ2) is 4.37. The van der Waals surface area contributed by atoms with E-state index < -0.39 is 0 Å². The summed E-state index contributed by atoms with van der Waals surface area (Å²) in [5, 5.41) is 1.84. The van der Waals surface area contributed by atoms with Crippen LogP contribution in [0.4, 0.5) is 5.69 Å². The van der Waals surface area contributed by atoms with Gasteiger partial charge in [0, 0.05) is 7.05 Å². The summed E-state index contributed by atoms with van der Waals surface area (Å²) >= 11 is 0. The van der Waals surface area contributed by atoms with E-state index in [0.717, 1.165) is 16.2 Å². The smallest absolute Gasteiger partial charge is 0.183 e. The Morgan fingerprint density at radius 1 is 1.27 bits per heavy atom. The average Bonchev–Trinajstić information content (AvgIpc) is 2.15. The number of benzene rings is 1. The molecule has 3 heteroatoms. The predicted molar refractivity (Wildman–Crippen MR) is 69.3 cm³/mol. The lowest BCUT2D eigenvalue weighted by molar-refractivity contribution is 0.334. The molecule has 2 nitrogen and oxygen atoms in total. The molecule has 0 amide bonds. The van der Waals surface area contributed by atoms with Gasteiger partial charge in [0.1, 0.15) is 0 Å². The molecule has 0 saturated heterocycles. The van der Waals surface area contributed by atoms with E-state index in [2.05, 4.69) is 45.9 Å². The van der Waals surface area contributed by atoms with E-state index in [1.165, 1.54) is 11.1 Å². The molecule has 0 radical (unpaired) electrons. The molecule has 0 atom stereocenters. The maximum Gasteiger partial charge on any atom is 0.183 e. The van der Waals surface area contributed by atoms with Gasteiger partial charge in [-0.25, -0.2) is 0 Å². The number of rotatable bonds is 2. The van der Waals surface area contributed by atoms with Gasteiger partial charge in [0.25, 0.3) is 0 Å². The lowest BCUT2D eigenvalue weighted by Gasteiger charge is -2.23. The Hall–Kier alpha value is -0.803. The van der Waals surface area contributed by atoms with Crippen LogP contribution in [0, 0.1) is 6.92 Å². The Morgan fingerprint density at radius 2 is 1.87 bits per heavy atom. The van der Waals surface area contributed by atoms with Crippen molar-refractivity contribution in [3.05, 3.63) is 29.3 Å². The summed E-state index contributed by atoms with van der Waals surface area (Å²) in [5.74, 6) is 0. The molecule has 0 aliphatic rings. The van der Waals surface area contributed by atoms with Crippen LogP contribution >= 0.6 is 0 Å². The number of aryl methyl sites for hydroxylation is 1. The van der Waals surface area contributed by atoms with E-state index >= 15 is 0 Å². The SMILES string of the molecule is Cc1cc(C(C)(C)C)ccc1N(C)O[SiH3]. The largest absolute Gasteiger partial charge is 0.332 e. The number of anilines is 1. The fourth-order valence-corrected chi connectivity index (χ4v) is 1.77. The third-order valence-electron chi connectivity index (χ3n) is 2.68. The predicted octanol–water partition coefficient (Wildman–Crippen LogP) is 1.94. The highest BCUT2D eigenvalue weighted by Crippen LogP contribution is 2.27. The third-order valence-corrected chi connectivity index (χ3v) is 3.22. The molecule has 0 unspecified atom stereocenters. The van der Waals surface area contributed by atoms with E-state index in [1.807, 2.05) is 12.1 Å². The summed E-state index contributed by atoms with van der Waals surface area (Å²) in [5.41, 5.74) is 3.99. The molecular weight excluding hydrogens is 202 g/mol. The normalized spacial score (nSPS) is 11.8. The maximum atomic E-state index is 5.31. The van der Waals surface area contributed by atoms with E-state index in [0.29, 0.717) is 0 Å². The first kappa shape index (κ1) is 12.3. The molecule has 84 valence electrons. The van der Waals surface area contributed by atoms with Crippen molar-refractivity contribution in [2.75, 3.05) is 12.1 Å². The summed E-state index contributed by atoms with van der Waals surface area (Å²) in [6.07, 6.45) is 0. The van der Waals surface area contributed by atoms with Gasteiger partial charge in [0.15, 0.2) is 10.5 Å². The summed E-state index contributed by atoms with van der Waals surface area (Å²) in [6, 6.07) is 6.56. The summed E-state index contributed by atoms with van der Waals surface area (Å²) in [6.45, 7) is 8.82. The summed E-state index contributed by atoms with van der Waals surface area (Å²) in [4.78, 5) is 0. The minimum absolute atomic E-state index is 0.212. The van der Waals surface area contributed by atoms with Crippen molar-refractivity contribution in [3.8, 4) is 0 Å². The van der Waals surface area contributed by atoms with Crippen molar-refractivity contribution in [1.82, 2.24) is 0 Å². The van der Waals surface area contributed by atoms with Gasteiger partial charge in [-0.1, -0.05) is 32.9 Å². The molecule has 0 bridgehead atoms. The van der Waals surface area contributed by atoms with Crippen LogP contribution in [0.15, 0.2) is 18.2 Å². The second-order valence-corrected chi connectivity index (χ2v) is 5.30. The zero-order valence-electron chi connectivity index (χ0n) is 10.6. The summed E-state index contributed by atoms with van der Waals surface area (Å²) < 4.78 is 5.31. The highest BCUT2D eigenvalue weighted by atomic mass is 28.2. The topological polar surface area (TPSA) is 12.5 Å². The van der Waals surface area contributed by atoms with Gasteiger partial charge >= 0.3 is 0 Å². The number of nitrogens with zero attached hydrogens (tertiary/aromatic N) is 1. The van der Waals surface area contributed by atoms with E-state index in [1.54, 1.807) is 0 Å². The highest BCUT2D eigenvalue weighted by Gasteiger charge is 2.15. The molecule has 0 saturated carbocycles. The van der Waals surface area contributed by atoms with Crippen LogP contribution in [0.2, 0.25) is 0 Å². The fraction of sp³-hybridized carbons (Fsp3) is 0.500. The average molecular weight is 223 g/mol. The Labute approximate surface area is 95.7 Å². The molecule has 0 aromatic heterocycles. The van der Waals surface area contributed by atoms with Crippen molar-refractivity contribution in [1.29, 1.82) is 0 Å². The first-order valence-corrected chi connectivity index (χ1v) is 6.07. The maximum absolute atomic E-state index is 5.31. The molecular formula is C12H21NOSi. The molecule has 0 aliphatic carbocycles. The molecule has 0 fully saturated rings. The highest BCUT2D eigenvalue weighted by molar-refractivity contribution is 5.98. The van der Waals surface area contributed by atoms with Crippen LogP contribution in [0.25, 0.3) is 0 Å². The number of hydroxylamine groups is 1.